The summed E-state index contributed by atoms with van der Waals surface area (Å²) >= 11 is 0. The highest BCUT2D eigenvalue weighted by Crippen LogP contribution is 2.39. The summed E-state index contributed by atoms with van der Waals surface area (Å²) in [6.45, 7) is 3.32. The highest BCUT2D eigenvalue weighted by atomic mass is 19.4. The van der Waals surface area contributed by atoms with Crippen LogP contribution in [-0.2, 0) is 9.59 Å². The average Bonchev–Trinajstić information content (AvgIpc) is 2.79. The minimum atomic E-state index is -4.63. The number of rotatable bonds is 5. The number of halogens is 3. The van der Waals surface area contributed by atoms with Gasteiger partial charge in [0.15, 0.2) is 0 Å². The van der Waals surface area contributed by atoms with Gasteiger partial charge in [0.1, 0.15) is 6.04 Å². The number of alkyl halides is 3. The summed E-state index contributed by atoms with van der Waals surface area (Å²) in [6.07, 6.45) is -2.52. The van der Waals surface area contributed by atoms with Crippen molar-refractivity contribution in [1.82, 2.24) is 5.32 Å². The molecular weight excluding hydrogens is 275 g/mol. The van der Waals surface area contributed by atoms with Crippen molar-refractivity contribution in [3.63, 3.8) is 0 Å². The van der Waals surface area contributed by atoms with Crippen molar-refractivity contribution in [1.29, 1.82) is 0 Å². The molecule has 1 saturated carbocycles. The van der Waals surface area contributed by atoms with Crippen molar-refractivity contribution in [3.8, 4) is 0 Å². The van der Waals surface area contributed by atoms with E-state index in [1.807, 2.05) is 5.32 Å². The zero-order chi connectivity index (χ0) is 15.6. The predicted octanol–water partition coefficient (Wildman–Crippen LogP) is 2.72. The molecule has 0 aromatic carbocycles. The quantitative estimate of drug-likeness (QED) is 0.819. The molecule has 0 aromatic rings. The van der Waals surface area contributed by atoms with E-state index in [1.165, 1.54) is 0 Å². The van der Waals surface area contributed by atoms with Crippen molar-refractivity contribution in [2.75, 3.05) is 0 Å². The number of hydrogen-bond acceptors (Lipinski definition) is 2. The summed E-state index contributed by atoms with van der Waals surface area (Å²) in [5.74, 6) is -2.21. The molecular formula is C13H20F3NO3. The van der Waals surface area contributed by atoms with Gasteiger partial charge in [-0.25, -0.2) is 4.79 Å². The Balaban J connectivity index is 2.72. The number of carbonyl (C=O) groups excluding carboxylic acids is 1. The first kappa shape index (κ1) is 16.8. The van der Waals surface area contributed by atoms with E-state index in [-0.39, 0.29) is 5.92 Å². The highest BCUT2D eigenvalue weighted by Gasteiger charge is 2.42. The molecule has 1 amide bonds. The minimum Gasteiger partial charge on any atom is -0.480 e. The van der Waals surface area contributed by atoms with Crippen LogP contribution in [0.5, 0.6) is 0 Å². The molecule has 1 rings (SSSR count). The Morgan fingerprint density at radius 3 is 2.15 bits per heavy atom. The zero-order valence-electron chi connectivity index (χ0n) is 11.6. The molecule has 0 heterocycles. The van der Waals surface area contributed by atoms with Gasteiger partial charge >= 0.3 is 12.1 Å². The maximum Gasteiger partial charge on any atom is 0.391 e. The second kappa shape index (κ2) is 6.01. The van der Waals surface area contributed by atoms with Gasteiger partial charge in [0.2, 0.25) is 5.91 Å². The van der Waals surface area contributed by atoms with Crippen LogP contribution in [0.15, 0.2) is 0 Å². The summed E-state index contributed by atoms with van der Waals surface area (Å²) in [6, 6.07) is -1.93. The first-order valence-corrected chi connectivity index (χ1v) is 6.64. The third kappa shape index (κ3) is 4.38. The lowest BCUT2D eigenvalue weighted by atomic mass is 9.77. The lowest BCUT2D eigenvalue weighted by Gasteiger charge is -2.31. The lowest BCUT2D eigenvalue weighted by Crippen LogP contribution is -2.50. The third-order valence-electron chi connectivity index (χ3n) is 4.00. The molecule has 7 heteroatoms. The maximum atomic E-state index is 12.3. The largest absolute Gasteiger partial charge is 0.480 e. The van der Waals surface area contributed by atoms with E-state index in [2.05, 4.69) is 0 Å². The molecule has 2 N–H and O–H groups in total. The van der Waals surface area contributed by atoms with Gasteiger partial charge in [0.05, 0.1) is 6.42 Å². The summed E-state index contributed by atoms with van der Waals surface area (Å²) in [5.41, 5.74) is -0.851. The SMILES string of the molecule is CC(C)(C(=O)NC(CC(F)(F)F)C(=O)O)C1CCCC1. The predicted molar refractivity (Wildman–Crippen MR) is 66.0 cm³/mol. The number of carboxylic acids is 1. The first-order chi connectivity index (χ1) is 9.04. The van der Waals surface area contributed by atoms with Gasteiger partial charge in [0.25, 0.3) is 0 Å². The topological polar surface area (TPSA) is 66.4 Å². The van der Waals surface area contributed by atoms with E-state index in [1.54, 1.807) is 13.8 Å². The molecule has 1 aliphatic rings. The van der Waals surface area contributed by atoms with Crippen LogP contribution < -0.4 is 5.32 Å². The number of nitrogens with one attached hydrogen (secondary N) is 1. The Kier molecular flexibility index (Phi) is 5.05. The molecule has 1 atom stereocenters. The number of aliphatic carboxylic acids is 1. The number of hydrogen-bond donors (Lipinski definition) is 2. The van der Waals surface area contributed by atoms with Crippen LogP contribution in [0, 0.1) is 11.3 Å². The van der Waals surface area contributed by atoms with E-state index >= 15 is 0 Å². The van der Waals surface area contributed by atoms with E-state index in [9.17, 15) is 22.8 Å². The van der Waals surface area contributed by atoms with Gasteiger partial charge in [-0.3, -0.25) is 4.79 Å². The van der Waals surface area contributed by atoms with Gasteiger partial charge in [-0.15, -0.1) is 0 Å². The molecule has 1 unspecified atom stereocenters. The van der Waals surface area contributed by atoms with Gasteiger partial charge in [-0.2, -0.15) is 13.2 Å². The Bertz CT molecular complexity index is 374. The first-order valence-electron chi connectivity index (χ1n) is 6.64. The Morgan fingerprint density at radius 2 is 1.75 bits per heavy atom. The number of carboxylic acid groups (broad SMARTS) is 1. The molecule has 0 radical (unpaired) electrons. The van der Waals surface area contributed by atoms with E-state index in [0.29, 0.717) is 0 Å². The van der Waals surface area contributed by atoms with Gasteiger partial charge in [-0.05, 0) is 18.8 Å². The Hall–Kier alpha value is -1.27. The van der Waals surface area contributed by atoms with Crippen LogP contribution >= 0.6 is 0 Å². The summed E-state index contributed by atoms with van der Waals surface area (Å²) in [7, 11) is 0. The minimum absolute atomic E-state index is 0.0860. The fourth-order valence-electron chi connectivity index (χ4n) is 2.61. The van der Waals surface area contributed by atoms with Crippen LogP contribution in [0.4, 0.5) is 13.2 Å². The van der Waals surface area contributed by atoms with Crippen LogP contribution in [0.1, 0.15) is 46.0 Å². The van der Waals surface area contributed by atoms with Crippen molar-refractivity contribution in [2.24, 2.45) is 11.3 Å². The smallest absolute Gasteiger partial charge is 0.391 e. The fourth-order valence-corrected chi connectivity index (χ4v) is 2.61. The highest BCUT2D eigenvalue weighted by molar-refractivity contribution is 5.87. The van der Waals surface area contributed by atoms with E-state index in [0.717, 1.165) is 25.7 Å². The maximum absolute atomic E-state index is 12.3. The van der Waals surface area contributed by atoms with Gasteiger partial charge in [-0.1, -0.05) is 26.7 Å². The van der Waals surface area contributed by atoms with E-state index < -0.39 is 35.9 Å². The fraction of sp³-hybridized carbons (Fsp3) is 0.846. The Morgan fingerprint density at radius 1 is 1.25 bits per heavy atom. The van der Waals surface area contributed by atoms with Crippen LogP contribution in [0.2, 0.25) is 0 Å². The van der Waals surface area contributed by atoms with Gasteiger partial charge in [0, 0.05) is 5.41 Å². The standard InChI is InChI=1S/C13H20F3NO3/c1-12(2,8-5-3-4-6-8)11(20)17-9(10(18)19)7-13(14,15)16/h8-9H,3-7H2,1-2H3,(H,17,20)(H,18,19). The molecule has 1 aliphatic carbocycles. The molecule has 20 heavy (non-hydrogen) atoms. The molecule has 0 bridgehead atoms. The summed E-state index contributed by atoms with van der Waals surface area (Å²) in [5, 5.41) is 10.8. The summed E-state index contributed by atoms with van der Waals surface area (Å²) < 4.78 is 36.9. The lowest BCUT2D eigenvalue weighted by molar-refractivity contribution is -0.161. The third-order valence-corrected chi connectivity index (χ3v) is 4.00. The van der Waals surface area contributed by atoms with Crippen LogP contribution in [-0.4, -0.2) is 29.2 Å². The van der Waals surface area contributed by atoms with Crippen molar-refractivity contribution >= 4 is 11.9 Å². The molecule has 0 aliphatic heterocycles. The average molecular weight is 295 g/mol. The molecule has 0 saturated heterocycles. The van der Waals surface area contributed by atoms with Crippen LogP contribution in [0.25, 0.3) is 0 Å². The number of carbonyl (C=O) groups is 2. The van der Waals surface area contributed by atoms with Crippen LogP contribution in [0.3, 0.4) is 0 Å². The molecule has 4 nitrogen and oxygen atoms in total. The van der Waals surface area contributed by atoms with Crippen molar-refractivity contribution in [3.05, 3.63) is 0 Å². The monoisotopic (exact) mass is 295 g/mol. The Labute approximate surface area is 115 Å². The number of amides is 1. The molecule has 0 spiro atoms. The van der Waals surface area contributed by atoms with E-state index in [4.69, 9.17) is 5.11 Å². The second-order valence-corrected chi connectivity index (χ2v) is 5.89. The normalized spacial score (nSPS) is 18.9. The molecule has 0 aromatic heterocycles. The summed E-state index contributed by atoms with van der Waals surface area (Å²) in [4.78, 5) is 23.0. The molecule has 1 fully saturated rings. The van der Waals surface area contributed by atoms with Gasteiger partial charge < -0.3 is 10.4 Å². The zero-order valence-corrected chi connectivity index (χ0v) is 11.6. The molecule has 116 valence electrons. The second-order valence-electron chi connectivity index (χ2n) is 5.89. The van der Waals surface area contributed by atoms with Crippen molar-refractivity contribution < 1.29 is 27.9 Å². The van der Waals surface area contributed by atoms with Crippen molar-refractivity contribution in [2.45, 2.75) is 58.2 Å².